The second kappa shape index (κ2) is 4.14. The Morgan fingerprint density at radius 2 is 2.33 bits per heavy atom. The van der Waals surface area contributed by atoms with Crippen LogP contribution in [0.15, 0.2) is 30.1 Å². The maximum atomic E-state index is 11.6. The average Bonchev–Trinajstić information content (AvgIpc) is 2.94. The molecule has 1 aromatic heterocycles. The highest BCUT2D eigenvalue weighted by molar-refractivity contribution is 6.31. The molecule has 92 valence electrons. The van der Waals surface area contributed by atoms with Crippen LogP contribution in [0.4, 0.5) is 0 Å². The maximum absolute atomic E-state index is 11.6. The molecule has 1 saturated heterocycles. The molecule has 4 nitrogen and oxygen atoms in total. The number of carbonyl (C=O) groups excluding carboxylic acids is 1. The van der Waals surface area contributed by atoms with Crippen molar-refractivity contribution in [2.24, 2.45) is 0 Å². The lowest BCUT2D eigenvalue weighted by Crippen LogP contribution is -2.02. The summed E-state index contributed by atoms with van der Waals surface area (Å²) in [6.45, 7) is 2.36. The summed E-state index contributed by atoms with van der Waals surface area (Å²) in [5.74, 6) is -0.233. The van der Waals surface area contributed by atoms with Crippen molar-refractivity contribution < 1.29 is 9.53 Å². The standard InChI is InChI=1S/C13H11ClN2O2/c1-8(10-4-5-18-13(10)17)16-7-15-11-6-9(14)2-3-12(11)16/h2-3,6-7H,4-5H2,1H3/b10-8-. The van der Waals surface area contributed by atoms with E-state index in [1.54, 1.807) is 12.4 Å². The van der Waals surface area contributed by atoms with E-state index in [2.05, 4.69) is 4.98 Å². The fraction of sp³-hybridized carbons (Fsp3) is 0.231. The summed E-state index contributed by atoms with van der Waals surface area (Å²) in [5.41, 5.74) is 3.32. The van der Waals surface area contributed by atoms with E-state index >= 15 is 0 Å². The molecule has 1 aromatic carbocycles. The molecule has 3 rings (SSSR count). The molecule has 1 aliphatic heterocycles. The predicted octanol–water partition coefficient (Wildman–Crippen LogP) is 2.87. The highest BCUT2D eigenvalue weighted by Crippen LogP contribution is 2.25. The van der Waals surface area contributed by atoms with Gasteiger partial charge in [-0.1, -0.05) is 11.6 Å². The monoisotopic (exact) mass is 262 g/mol. The van der Waals surface area contributed by atoms with Crippen molar-refractivity contribution >= 4 is 34.3 Å². The number of allylic oxidation sites excluding steroid dienone is 1. The average molecular weight is 263 g/mol. The van der Waals surface area contributed by atoms with Crippen LogP contribution in [0.3, 0.4) is 0 Å². The second-order valence-corrected chi connectivity index (χ2v) is 4.63. The number of nitrogens with zero attached hydrogens (tertiary/aromatic N) is 2. The van der Waals surface area contributed by atoms with E-state index in [9.17, 15) is 4.79 Å². The fourth-order valence-corrected chi connectivity index (χ4v) is 2.33. The molecule has 0 unspecified atom stereocenters. The third-order valence-corrected chi connectivity index (χ3v) is 3.37. The van der Waals surface area contributed by atoms with E-state index in [4.69, 9.17) is 16.3 Å². The topological polar surface area (TPSA) is 44.1 Å². The molecule has 0 N–H and O–H groups in total. The van der Waals surface area contributed by atoms with E-state index in [-0.39, 0.29) is 5.97 Å². The van der Waals surface area contributed by atoms with E-state index in [1.807, 2.05) is 23.6 Å². The van der Waals surface area contributed by atoms with Gasteiger partial charge < -0.3 is 9.30 Å². The molecule has 2 heterocycles. The molecular formula is C13H11ClN2O2. The summed E-state index contributed by atoms with van der Waals surface area (Å²) in [5, 5.41) is 0.651. The van der Waals surface area contributed by atoms with E-state index in [0.29, 0.717) is 23.6 Å². The van der Waals surface area contributed by atoms with Gasteiger partial charge in [0.2, 0.25) is 0 Å². The van der Waals surface area contributed by atoms with Crippen molar-refractivity contribution in [2.45, 2.75) is 13.3 Å². The molecule has 1 aliphatic rings. The number of hydrogen-bond donors (Lipinski definition) is 0. The van der Waals surface area contributed by atoms with Crippen molar-refractivity contribution in [3.63, 3.8) is 0 Å². The molecular weight excluding hydrogens is 252 g/mol. The number of fused-ring (bicyclic) bond motifs is 1. The van der Waals surface area contributed by atoms with Gasteiger partial charge in [0.05, 0.1) is 23.2 Å². The van der Waals surface area contributed by atoms with Crippen LogP contribution in [-0.2, 0) is 9.53 Å². The van der Waals surface area contributed by atoms with Crippen LogP contribution in [0.5, 0.6) is 0 Å². The van der Waals surface area contributed by atoms with Gasteiger partial charge in [0.25, 0.3) is 0 Å². The van der Waals surface area contributed by atoms with Crippen molar-refractivity contribution in [1.82, 2.24) is 9.55 Å². The van der Waals surface area contributed by atoms with Crippen LogP contribution in [-0.4, -0.2) is 22.1 Å². The molecule has 0 aliphatic carbocycles. The summed E-state index contributed by atoms with van der Waals surface area (Å²) in [7, 11) is 0. The van der Waals surface area contributed by atoms with Crippen LogP contribution in [0, 0.1) is 0 Å². The van der Waals surface area contributed by atoms with Crippen LogP contribution in [0.25, 0.3) is 16.7 Å². The zero-order valence-corrected chi connectivity index (χ0v) is 10.6. The lowest BCUT2D eigenvalue weighted by molar-refractivity contribution is -0.135. The largest absolute Gasteiger partial charge is 0.462 e. The van der Waals surface area contributed by atoms with Gasteiger partial charge in [-0.3, -0.25) is 0 Å². The number of hydrogen-bond acceptors (Lipinski definition) is 3. The summed E-state index contributed by atoms with van der Waals surface area (Å²) < 4.78 is 6.86. The number of cyclic esters (lactones) is 1. The number of rotatable bonds is 1. The highest BCUT2D eigenvalue weighted by Gasteiger charge is 2.22. The Morgan fingerprint density at radius 1 is 1.50 bits per heavy atom. The summed E-state index contributed by atoms with van der Waals surface area (Å²) in [6, 6.07) is 5.51. The summed E-state index contributed by atoms with van der Waals surface area (Å²) in [4.78, 5) is 15.9. The second-order valence-electron chi connectivity index (χ2n) is 4.20. The first kappa shape index (κ1) is 11.3. The number of halogens is 1. The van der Waals surface area contributed by atoms with E-state index < -0.39 is 0 Å². The maximum Gasteiger partial charge on any atom is 0.335 e. The van der Waals surface area contributed by atoms with Crippen LogP contribution in [0.1, 0.15) is 13.3 Å². The van der Waals surface area contributed by atoms with Crippen LogP contribution < -0.4 is 0 Å². The third-order valence-electron chi connectivity index (χ3n) is 3.14. The zero-order valence-electron chi connectivity index (χ0n) is 9.81. The number of benzene rings is 1. The molecule has 5 heteroatoms. The van der Waals surface area contributed by atoms with Crippen molar-refractivity contribution in [3.8, 4) is 0 Å². The van der Waals surface area contributed by atoms with Crippen molar-refractivity contribution in [3.05, 3.63) is 35.1 Å². The molecule has 18 heavy (non-hydrogen) atoms. The number of ether oxygens (including phenoxy) is 1. The summed E-state index contributed by atoms with van der Waals surface area (Å²) >= 11 is 5.92. The first-order valence-electron chi connectivity index (χ1n) is 5.66. The Morgan fingerprint density at radius 3 is 3.06 bits per heavy atom. The van der Waals surface area contributed by atoms with Gasteiger partial charge in [0.1, 0.15) is 6.33 Å². The van der Waals surface area contributed by atoms with Gasteiger partial charge in [-0.2, -0.15) is 0 Å². The van der Waals surface area contributed by atoms with E-state index in [1.165, 1.54) is 0 Å². The normalized spacial score (nSPS) is 18.2. The van der Waals surface area contributed by atoms with Crippen molar-refractivity contribution in [2.75, 3.05) is 6.61 Å². The minimum absolute atomic E-state index is 0.233. The molecule has 0 saturated carbocycles. The smallest absolute Gasteiger partial charge is 0.335 e. The molecule has 0 bridgehead atoms. The van der Waals surface area contributed by atoms with E-state index in [0.717, 1.165) is 16.7 Å². The molecule has 0 radical (unpaired) electrons. The van der Waals surface area contributed by atoms with Crippen LogP contribution in [0.2, 0.25) is 5.02 Å². The molecule has 0 spiro atoms. The Kier molecular flexibility index (Phi) is 2.59. The van der Waals surface area contributed by atoms with Crippen molar-refractivity contribution in [1.29, 1.82) is 0 Å². The Balaban J connectivity index is 2.18. The first-order chi connectivity index (χ1) is 8.66. The van der Waals surface area contributed by atoms with Gasteiger partial charge in [0.15, 0.2) is 0 Å². The Bertz CT molecular complexity index is 673. The molecule has 0 atom stereocenters. The zero-order chi connectivity index (χ0) is 12.7. The molecule has 1 fully saturated rings. The van der Waals surface area contributed by atoms with Gasteiger partial charge in [-0.25, -0.2) is 9.78 Å². The highest BCUT2D eigenvalue weighted by atomic mass is 35.5. The SMILES string of the molecule is C/C(=C1\CCOC1=O)n1cnc2cc(Cl)ccc21. The number of aromatic nitrogens is 2. The van der Waals surface area contributed by atoms with Gasteiger partial charge in [-0.05, 0) is 25.1 Å². The Labute approximate surface area is 109 Å². The van der Waals surface area contributed by atoms with Gasteiger partial charge in [-0.15, -0.1) is 0 Å². The number of imidazole rings is 1. The number of carbonyl (C=O) groups is 1. The number of esters is 1. The summed E-state index contributed by atoms with van der Waals surface area (Å²) in [6.07, 6.45) is 2.35. The molecule has 0 amide bonds. The van der Waals surface area contributed by atoms with Crippen LogP contribution >= 0.6 is 11.6 Å². The molecule has 2 aromatic rings. The predicted molar refractivity (Wildman–Crippen MR) is 69.2 cm³/mol. The Hall–Kier alpha value is -1.81. The lowest BCUT2D eigenvalue weighted by atomic mass is 10.2. The van der Waals surface area contributed by atoms with Gasteiger partial charge >= 0.3 is 5.97 Å². The minimum atomic E-state index is -0.233. The third kappa shape index (κ3) is 1.69. The first-order valence-corrected chi connectivity index (χ1v) is 6.04. The lowest BCUT2D eigenvalue weighted by Gasteiger charge is -2.06. The quantitative estimate of drug-likeness (QED) is 0.586. The fourth-order valence-electron chi connectivity index (χ4n) is 2.16. The minimum Gasteiger partial charge on any atom is -0.462 e. The van der Waals surface area contributed by atoms with Gasteiger partial charge in [0, 0.05) is 17.1 Å².